The van der Waals surface area contributed by atoms with Gasteiger partial charge in [0.15, 0.2) is 0 Å². The molecule has 0 amide bonds. The lowest BCUT2D eigenvalue weighted by Gasteiger charge is -2.23. The molecule has 0 atom stereocenters. The first-order chi connectivity index (χ1) is 9.62. The van der Waals surface area contributed by atoms with Crippen LogP contribution in [-0.4, -0.2) is 26.0 Å². The molecule has 0 saturated carbocycles. The van der Waals surface area contributed by atoms with Gasteiger partial charge in [0.2, 0.25) is 10.0 Å². The van der Waals surface area contributed by atoms with Gasteiger partial charge >= 0.3 is 5.97 Å². The summed E-state index contributed by atoms with van der Waals surface area (Å²) in [6, 6.07) is 5.93. The fourth-order valence-corrected chi connectivity index (χ4v) is 2.95. The second kappa shape index (κ2) is 7.24. The third-order valence-corrected chi connectivity index (χ3v) is 4.96. The summed E-state index contributed by atoms with van der Waals surface area (Å²) < 4.78 is 26.6. The lowest BCUT2D eigenvalue weighted by molar-refractivity contribution is -0.137. The zero-order chi connectivity index (χ0) is 16.1. The second-order valence-electron chi connectivity index (χ2n) is 5.66. The van der Waals surface area contributed by atoms with Crippen LogP contribution in [0.2, 0.25) is 5.02 Å². The molecule has 0 aliphatic heterocycles. The lowest BCUT2D eigenvalue weighted by Crippen LogP contribution is -2.28. The molecule has 1 aromatic carbocycles. The molecule has 21 heavy (non-hydrogen) atoms. The van der Waals surface area contributed by atoms with E-state index < -0.39 is 16.0 Å². The minimum atomic E-state index is -3.56. The minimum absolute atomic E-state index is 0.0803. The number of carbonyl (C=O) groups is 1. The van der Waals surface area contributed by atoms with Crippen LogP contribution in [0.3, 0.4) is 0 Å². The molecule has 0 heterocycles. The Morgan fingerprint density at radius 3 is 2.33 bits per heavy atom. The molecule has 118 valence electrons. The van der Waals surface area contributed by atoms with Crippen molar-refractivity contribution in [1.29, 1.82) is 0 Å². The maximum atomic E-state index is 12.0. The summed E-state index contributed by atoms with van der Waals surface area (Å²) in [4.78, 5) is 10.7. The number of hydrogen-bond donors (Lipinski definition) is 2. The molecule has 1 rings (SSSR count). The van der Waals surface area contributed by atoms with Crippen molar-refractivity contribution in [2.24, 2.45) is 5.41 Å². The van der Waals surface area contributed by atoms with Crippen LogP contribution in [0.15, 0.2) is 29.2 Å². The van der Waals surface area contributed by atoms with E-state index in [1.165, 1.54) is 24.3 Å². The summed E-state index contributed by atoms with van der Waals surface area (Å²) in [7, 11) is -3.56. The van der Waals surface area contributed by atoms with E-state index >= 15 is 0 Å². The highest BCUT2D eigenvalue weighted by molar-refractivity contribution is 7.89. The Morgan fingerprint density at radius 2 is 1.81 bits per heavy atom. The number of carboxylic acid groups (broad SMARTS) is 1. The number of sulfonamides is 1. The first-order valence-corrected chi connectivity index (χ1v) is 8.46. The molecule has 0 unspecified atom stereocenters. The summed E-state index contributed by atoms with van der Waals surface area (Å²) >= 11 is 5.72. The predicted molar refractivity (Wildman–Crippen MR) is 81.9 cm³/mol. The van der Waals surface area contributed by atoms with Crippen LogP contribution in [0, 0.1) is 5.41 Å². The summed E-state index contributed by atoms with van der Waals surface area (Å²) in [5.74, 6) is -0.843. The number of nitrogens with one attached hydrogen (secondary N) is 1. The number of hydrogen-bond acceptors (Lipinski definition) is 3. The van der Waals surface area contributed by atoms with Gasteiger partial charge < -0.3 is 5.11 Å². The van der Waals surface area contributed by atoms with E-state index in [0.29, 0.717) is 17.9 Å². The van der Waals surface area contributed by atoms with Crippen LogP contribution in [0.5, 0.6) is 0 Å². The quantitative estimate of drug-likeness (QED) is 0.766. The van der Waals surface area contributed by atoms with Crippen LogP contribution in [-0.2, 0) is 14.8 Å². The van der Waals surface area contributed by atoms with Gasteiger partial charge in [-0.15, -0.1) is 0 Å². The molecule has 0 spiro atoms. The Morgan fingerprint density at radius 1 is 1.24 bits per heavy atom. The molecule has 0 aromatic heterocycles. The Bertz CT molecular complexity index is 581. The SMILES string of the molecule is CC(C)(CCNS(=O)(=O)c1ccc(Cl)cc1)CCC(=O)O. The third kappa shape index (κ3) is 6.46. The van der Waals surface area contributed by atoms with Gasteiger partial charge in [-0.2, -0.15) is 0 Å². The molecular weight excluding hydrogens is 314 g/mol. The van der Waals surface area contributed by atoms with Crippen LogP contribution in [0.1, 0.15) is 33.1 Å². The van der Waals surface area contributed by atoms with Crippen molar-refractivity contribution < 1.29 is 18.3 Å². The topological polar surface area (TPSA) is 83.5 Å². The largest absolute Gasteiger partial charge is 0.481 e. The van der Waals surface area contributed by atoms with Crippen molar-refractivity contribution in [2.75, 3.05) is 6.54 Å². The van der Waals surface area contributed by atoms with E-state index in [-0.39, 0.29) is 23.3 Å². The van der Waals surface area contributed by atoms with Crippen molar-refractivity contribution in [1.82, 2.24) is 4.72 Å². The maximum absolute atomic E-state index is 12.0. The van der Waals surface area contributed by atoms with Gasteiger partial charge in [-0.05, 0) is 42.5 Å². The van der Waals surface area contributed by atoms with Gasteiger partial charge in [0.1, 0.15) is 0 Å². The van der Waals surface area contributed by atoms with Crippen LogP contribution in [0.4, 0.5) is 0 Å². The molecule has 0 bridgehead atoms. The van der Waals surface area contributed by atoms with Gasteiger partial charge in [-0.25, -0.2) is 13.1 Å². The zero-order valence-electron chi connectivity index (χ0n) is 12.1. The van der Waals surface area contributed by atoms with E-state index in [1.807, 2.05) is 13.8 Å². The van der Waals surface area contributed by atoms with Crippen molar-refractivity contribution in [2.45, 2.75) is 38.0 Å². The normalized spacial score (nSPS) is 12.3. The molecule has 7 heteroatoms. The Hall–Kier alpha value is -1.11. The molecule has 2 N–H and O–H groups in total. The number of benzene rings is 1. The van der Waals surface area contributed by atoms with E-state index in [2.05, 4.69) is 4.72 Å². The maximum Gasteiger partial charge on any atom is 0.303 e. The average molecular weight is 334 g/mol. The molecule has 1 aromatic rings. The highest BCUT2D eigenvalue weighted by Crippen LogP contribution is 2.26. The molecule has 5 nitrogen and oxygen atoms in total. The van der Waals surface area contributed by atoms with Crippen molar-refractivity contribution in [3.8, 4) is 0 Å². The number of halogens is 1. The fourth-order valence-electron chi connectivity index (χ4n) is 1.79. The molecule has 0 fully saturated rings. The van der Waals surface area contributed by atoms with Gasteiger partial charge in [-0.1, -0.05) is 25.4 Å². The summed E-state index contributed by atoms with van der Waals surface area (Å²) in [5, 5.41) is 9.16. The second-order valence-corrected chi connectivity index (χ2v) is 7.86. The number of aliphatic carboxylic acids is 1. The van der Waals surface area contributed by atoms with Gasteiger partial charge in [-0.3, -0.25) is 4.79 Å². The first-order valence-electron chi connectivity index (χ1n) is 6.59. The van der Waals surface area contributed by atoms with Gasteiger partial charge in [0, 0.05) is 18.0 Å². The Labute approximate surface area is 130 Å². The molecule has 0 radical (unpaired) electrons. The molecule has 0 saturated heterocycles. The number of carboxylic acids is 1. The first kappa shape index (κ1) is 17.9. The monoisotopic (exact) mass is 333 g/mol. The van der Waals surface area contributed by atoms with E-state index in [4.69, 9.17) is 16.7 Å². The van der Waals surface area contributed by atoms with Gasteiger partial charge in [0.05, 0.1) is 4.90 Å². The van der Waals surface area contributed by atoms with Crippen LogP contribution < -0.4 is 4.72 Å². The smallest absolute Gasteiger partial charge is 0.303 e. The van der Waals surface area contributed by atoms with Crippen molar-refractivity contribution >= 4 is 27.6 Å². The van der Waals surface area contributed by atoms with Crippen LogP contribution in [0.25, 0.3) is 0 Å². The Balaban J connectivity index is 2.54. The minimum Gasteiger partial charge on any atom is -0.481 e. The molecule has 0 aliphatic rings. The lowest BCUT2D eigenvalue weighted by atomic mass is 9.84. The highest BCUT2D eigenvalue weighted by atomic mass is 35.5. The van der Waals surface area contributed by atoms with Crippen molar-refractivity contribution in [3.63, 3.8) is 0 Å². The molecule has 0 aliphatic carbocycles. The zero-order valence-corrected chi connectivity index (χ0v) is 13.7. The van der Waals surface area contributed by atoms with Crippen LogP contribution >= 0.6 is 11.6 Å². The fraction of sp³-hybridized carbons (Fsp3) is 0.500. The third-order valence-electron chi connectivity index (χ3n) is 3.23. The van der Waals surface area contributed by atoms with E-state index in [9.17, 15) is 13.2 Å². The number of rotatable bonds is 8. The predicted octanol–water partition coefficient (Wildman–Crippen LogP) is 2.90. The summed E-state index contributed by atoms with van der Waals surface area (Å²) in [5.41, 5.74) is -0.235. The van der Waals surface area contributed by atoms with Crippen molar-refractivity contribution in [3.05, 3.63) is 29.3 Å². The standard InChI is InChI=1S/C14H20ClNO4S/c1-14(2,8-7-13(17)18)9-10-16-21(19,20)12-5-3-11(15)4-6-12/h3-6,16H,7-10H2,1-2H3,(H,17,18). The van der Waals surface area contributed by atoms with E-state index in [1.54, 1.807) is 0 Å². The Kier molecular flexibility index (Phi) is 6.19. The summed E-state index contributed by atoms with van der Waals surface area (Å²) in [6.45, 7) is 4.11. The highest BCUT2D eigenvalue weighted by Gasteiger charge is 2.21. The average Bonchev–Trinajstić information content (AvgIpc) is 2.36. The molecular formula is C14H20ClNO4S. The van der Waals surface area contributed by atoms with E-state index in [0.717, 1.165) is 0 Å². The summed E-state index contributed by atoms with van der Waals surface area (Å²) in [6.07, 6.45) is 1.15. The van der Waals surface area contributed by atoms with Gasteiger partial charge in [0.25, 0.3) is 0 Å².